The molecule has 9 heteroatoms. The Labute approximate surface area is 616 Å². The van der Waals surface area contributed by atoms with Gasteiger partial charge in [0.05, 0.1) is 54.6 Å². The molecule has 16 aromatic carbocycles. The fourth-order valence-corrected chi connectivity index (χ4v) is 22.7. The topological polar surface area (TPSA) is 61.4 Å². The Kier molecular flexibility index (Phi) is 11.4. The number of aromatic nitrogens is 6. The third kappa shape index (κ3) is 7.42. The zero-order valence-electron chi connectivity index (χ0n) is 56.4. The van der Waals surface area contributed by atoms with E-state index < -0.39 is 5.41 Å². The first kappa shape index (κ1) is 57.5. The average molecular weight is 1400 g/mol. The second kappa shape index (κ2) is 21.1. The van der Waals surface area contributed by atoms with Crippen molar-refractivity contribution in [1.82, 2.24) is 29.1 Å². The van der Waals surface area contributed by atoms with Gasteiger partial charge in [0.25, 0.3) is 0 Å². The highest BCUT2D eigenvalue weighted by molar-refractivity contribution is 7.27. The number of para-hydroxylation sites is 3. The van der Waals surface area contributed by atoms with Gasteiger partial charge in [-0.3, -0.25) is 9.13 Å². The second-order valence-corrected chi connectivity index (χ2v) is 31.7. The van der Waals surface area contributed by atoms with Crippen LogP contribution in [-0.2, 0) is 5.41 Å². The van der Waals surface area contributed by atoms with Crippen LogP contribution in [0, 0.1) is 0 Å². The van der Waals surface area contributed by atoms with Crippen LogP contribution in [0.4, 0.5) is 0 Å². The fourth-order valence-electron chi connectivity index (χ4n) is 19.2. The van der Waals surface area contributed by atoms with E-state index >= 15 is 0 Å². The molecule has 7 heterocycles. The number of thiophene rings is 3. The molecule has 6 nitrogen and oxygen atoms in total. The Morgan fingerprint density at radius 2 is 0.708 bits per heavy atom. The Morgan fingerprint density at radius 3 is 1.36 bits per heavy atom. The first-order valence-corrected chi connectivity index (χ1v) is 38.5. The van der Waals surface area contributed by atoms with Crippen LogP contribution >= 0.6 is 34.0 Å². The monoisotopic (exact) mass is 1400 g/mol. The van der Waals surface area contributed by atoms with E-state index in [0.717, 1.165) is 88.3 Å². The van der Waals surface area contributed by atoms with E-state index in [4.69, 9.17) is 19.9 Å². The van der Waals surface area contributed by atoms with Crippen LogP contribution in [0.15, 0.2) is 315 Å². The van der Waals surface area contributed by atoms with E-state index in [0.29, 0.717) is 11.9 Å². The van der Waals surface area contributed by atoms with Gasteiger partial charge in [-0.2, -0.15) is 0 Å². The van der Waals surface area contributed by atoms with Crippen LogP contribution in [0.2, 0.25) is 0 Å². The number of hydrogen-bond acceptors (Lipinski definition) is 7. The summed E-state index contributed by atoms with van der Waals surface area (Å²) in [5.74, 6) is 1.27. The Bertz CT molecular complexity index is 7910. The van der Waals surface area contributed by atoms with E-state index in [9.17, 15) is 0 Å². The standard InChI is InChI=1S/C97H52N6S3/c1-3-23-53(24-4-1)90-59-29-9-17-37-72(59)98-95(100-90)102-74-39-19-11-31-61(74)86-85-67(47-50-80-83(85)65-34-14-21-41-77(65)105-80)89-88(92(86)102)58-28-8-16-36-70(58)97(89)69-35-15-7-27-57(69)68-51-55(44-48-71(68)97)56-43-45-62-75(52-56)103(96-99-73-38-18-10-30-60(73)91(101-96)54-25-5-2-6-26-54)93-87(62)84-66(81-63-32-12-22-42-78(63)106-94(81)93)46-49-79-82(84)64-33-13-20-40-76(64)104-79/h1-52H. The average Bonchev–Trinajstić information content (AvgIpc) is 1.48. The van der Waals surface area contributed by atoms with Crippen molar-refractivity contribution >= 4 is 181 Å². The zero-order chi connectivity index (χ0) is 68.8. The van der Waals surface area contributed by atoms with Gasteiger partial charge < -0.3 is 0 Å². The van der Waals surface area contributed by atoms with Crippen LogP contribution in [0.3, 0.4) is 0 Å². The highest BCUT2D eigenvalue weighted by Crippen LogP contribution is 2.67. The van der Waals surface area contributed by atoms with Gasteiger partial charge in [-0.25, -0.2) is 19.9 Å². The predicted molar refractivity (Wildman–Crippen MR) is 448 cm³/mol. The molecule has 1 atom stereocenters. The molecule has 0 N–H and O–H groups in total. The smallest absolute Gasteiger partial charge is 0.235 e. The van der Waals surface area contributed by atoms with E-state index in [1.807, 2.05) is 34.0 Å². The number of nitrogens with zero attached hydrogens (tertiary/aromatic N) is 6. The maximum absolute atomic E-state index is 5.79. The van der Waals surface area contributed by atoms with Crippen molar-refractivity contribution in [2.24, 2.45) is 0 Å². The molecule has 1 unspecified atom stereocenters. The summed E-state index contributed by atoms with van der Waals surface area (Å²) in [5, 5.41) is 19.4. The van der Waals surface area contributed by atoms with E-state index in [1.165, 1.54) is 137 Å². The molecule has 0 fully saturated rings. The van der Waals surface area contributed by atoms with E-state index in [2.05, 4.69) is 325 Å². The molecule has 7 aromatic heterocycles. The first-order valence-electron chi connectivity index (χ1n) is 36.1. The maximum Gasteiger partial charge on any atom is 0.235 e. The minimum atomic E-state index is -0.767. The first-order chi connectivity index (χ1) is 52.6. The summed E-state index contributed by atoms with van der Waals surface area (Å²) >= 11 is 5.63. The fraction of sp³-hybridized carbons (Fsp3) is 0.0103. The molecule has 106 heavy (non-hydrogen) atoms. The second-order valence-electron chi connectivity index (χ2n) is 28.5. The normalized spacial score (nSPS) is 14.1. The zero-order valence-corrected chi connectivity index (χ0v) is 58.9. The molecule has 25 rings (SSSR count). The third-order valence-corrected chi connectivity index (χ3v) is 26.7. The van der Waals surface area contributed by atoms with Gasteiger partial charge in [0.15, 0.2) is 0 Å². The summed E-state index contributed by atoms with van der Waals surface area (Å²) < 4.78 is 12.4. The Morgan fingerprint density at radius 1 is 0.255 bits per heavy atom. The number of rotatable bonds is 5. The molecule has 0 saturated carbocycles. The summed E-state index contributed by atoms with van der Waals surface area (Å²) in [4.78, 5) is 22.9. The molecule has 0 amide bonds. The molecule has 0 radical (unpaired) electrons. The highest BCUT2D eigenvalue weighted by Gasteiger charge is 2.54. The van der Waals surface area contributed by atoms with Crippen LogP contribution in [0.25, 0.3) is 215 Å². The molecule has 2 aliphatic carbocycles. The number of hydrogen-bond donors (Lipinski definition) is 0. The largest absolute Gasteiger partial charge is 0.277 e. The quantitative estimate of drug-likeness (QED) is 0.172. The SMILES string of the molecule is c1ccc(-c2nc(-n3c4ccccc4c4c5c(ccc6sc7ccccc7c65)c5c(c43)-c3ccccc3C53c4ccccc4-c4cc(-c5ccc6c7c8c(ccc9sc%10ccccc%10c98)c8c9ccccc9sc8c7n(-c7nc(-c8ccccc8)c8ccccc8n7)c6c5)ccc43)nc3ccccc23)cc1. The molecule has 23 aromatic rings. The summed E-state index contributed by atoms with van der Waals surface area (Å²) in [5.41, 5.74) is 21.4. The van der Waals surface area contributed by atoms with Crippen molar-refractivity contribution in [3.63, 3.8) is 0 Å². The summed E-state index contributed by atoms with van der Waals surface area (Å²) in [6.45, 7) is 0. The molecular weight excluding hydrogens is 1350 g/mol. The molecule has 488 valence electrons. The van der Waals surface area contributed by atoms with E-state index in [-0.39, 0.29) is 0 Å². The lowest BCUT2D eigenvalue weighted by molar-refractivity contribution is 0.801. The minimum Gasteiger partial charge on any atom is -0.277 e. The molecule has 1 spiro atoms. The van der Waals surface area contributed by atoms with Gasteiger partial charge in [0.1, 0.15) is 0 Å². The molecule has 0 bridgehead atoms. The van der Waals surface area contributed by atoms with Gasteiger partial charge in [0.2, 0.25) is 11.9 Å². The third-order valence-electron chi connectivity index (χ3n) is 23.3. The minimum absolute atomic E-state index is 0.635. The summed E-state index contributed by atoms with van der Waals surface area (Å²) in [7, 11) is 0. The van der Waals surface area contributed by atoms with Crippen molar-refractivity contribution in [1.29, 1.82) is 0 Å². The summed E-state index contributed by atoms with van der Waals surface area (Å²) in [6.07, 6.45) is 0. The Balaban J connectivity index is 0.797. The van der Waals surface area contributed by atoms with Crippen molar-refractivity contribution in [2.75, 3.05) is 0 Å². The lowest BCUT2D eigenvalue weighted by atomic mass is 9.69. The van der Waals surface area contributed by atoms with Crippen molar-refractivity contribution in [2.45, 2.75) is 5.41 Å². The van der Waals surface area contributed by atoms with Gasteiger partial charge in [0, 0.05) is 116 Å². The van der Waals surface area contributed by atoms with Gasteiger partial charge in [-0.05, 0) is 122 Å². The van der Waals surface area contributed by atoms with Crippen LogP contribution < -0.4 is 0 Å². The highest BCUT2D eigenvalue weighted by atomic mass is 32.1. The van der Waals surface area contributed by atoms with Crippen LogP contribution in [-0.4, -0.2) is 29.1 Å². The van der Waals surface area contributed by atoms with E-state index in [1.54, 1.807) is 0 Å². The predicted octanol–water partition coefficient (Wildman–Crippen LogP) is 26.5. The number of benzene rings is 16. The number of fused-ring (bicyclic) bond motifs is 37. The lowest BCUT2D eigenvalue weighted by Crippen LogP contribution is -2.26. The molecule has 2 aliphatic rings. The van der Waals surface area contributed by atoms with Crippen molar-refractivity contribution < 1.29 is 0 Å². The Hall–Kier alpha value is -13.0. The lowest BCUT2D eigenvalue weighted by Gasteiger charge is -2.32. The van der Waals surface area contributed by atoms with Gasteiger partial charge >= 0.3 is 0 Å². The van der Waals surface area contributed by atoms with Gasteiger partial charge in [-0.15, -0.1) is 34.0 Å². The molecule has 0 aliphatic heterocycles. The van der Waals surface area contributed by atoms with Gasteiger partial charge in [-0.1, -0.05) is 255 Å². The van der Waals surface area contributed by atoms with Crippen LogP contribution in [0.1, 0.15) is 22.3 Å². The maximum atomic E-state index is 5.79. The molecule has 0 saturated heterocycles. The molecular formula is C97H52N6S3. The van der Waals surface area contributed by atoms with Crippen LogP contribution in [0.5, 0.6) is 0 Å². The van der Waals surface area contributed by atoms with Crippen molar-refractivity contribution in [3.05, 3.63) is 338 Å². The van der Waals surface area contributed by atoms with Crippen molar-refractivity contribution in [3.8, 4) is 67.8 Å². The summed E-state index contributed by atoms with van der Waals surface area (Å²) in [6, 6.07) is 117.